The van der Waals surface area contributed by atoms with Crippen molar-refractivity contribution in [1.82, 2.24) is 0 Å². The summed E-state index contributed by atoms with van der Waals surface area (Å²) in [5.74, 6) is -0.824. The molecule has 0 atom stereocenters. The molecule has 8 heteroatoms. The van der Waals surface area contributed by atoms with Crippen LogP contribution in [-0.2, 0) is 4.74 Å². The lowest BCUT2D eigenvalue weighted by atomic mass is 10.1. The van der Waals surface area contributed by atoms with E-state index in [2.05, 4.69) is 5.32 Å². The lowest BCUT2D eigenvalue weighted by Gasteiger charge is -2.13. The fraction of sp³-hybridized carbons (Fsp3) is 0.176. The smallest absolute Gasteiger partial charge is 0.341 e. The van der Waals surface area contributed by atoms with Crippen LogP contribution in [0.4, 0.5) is 5.69 Å². The highest BCUT2D eigenvalue weighted by atomic mass is 35.5. The Morgan fingerprint density at radius 1 is 1.04 bits per heavy atom. The number of anilines is 1. The molecule has 0 aliphatic carbocycles. The summed E-state index contributed by atoms with van der Waals surface area (Å²) in [6, 6.07) is 7.32. The highest BCUT2D eigenvalue weighted by molar-refractivity contribution is 6.38. The van der Waals surface area contributed by atoms with Crippen LogP contribution in [0.3, 0.4) is 0 Å². The Bertz CT molecular complexity index is 824. The first-order valence-corrected chi connectivity index (χ1v) is 8.31. The van der Waals surface area contributed by atoms with Gasteiger partial charge in [0.25, 0.3) is 5.91 Å². The van der Waals surface area contributed by atoms with E-state index in [4.69, 9.17) is 44.3 Å². The Morgan fingerprint density at radius 3 is 2.36 bits per heavy atom. The van der Waals surface area contributed by atoms with Crippen molar-refractivity contribution in [3.63, 3.8) is 0 Å². The van der Waals surface area contributed by atoms with Gasteiger partial charge in [0.15, 0.2) is 0 Å². The second-order valence-electron chi connectivity index (χ2n) is 4.83. The molecule has 0 heterocycles. The molecule has 0 fully saturated rings. The van der Waals surface area contributed by atoms with Crippen molar-refractivity contribution >= 4 is 52.4 Å². The van der Waals surface area contributed by atoms with Gasteiger partial charge in [0.1, 0.15) is 11.3 Å². The topological polar surface area (TPSA) is 64.6 Å². The van der Waals surface area contributed by atoms with E-state index in [1.54, 1.807) is 13.0 Å². The van der Waals surface area contributed by atoms with Gasteiger partial charge < -0.3 is 14.8 Å². The van der Waals surface area contributed by atoms with Crippen LogP contribution < -0.4 is 10.1 Å². The summed E-state index contributed by atoms with van der Waals surface area (Å²) in [5, 5.41) is 3.41. The Kier molecular flexibility index (Phi) is 6.53. The van der Waals surface area contributed by atoms with Gasteiger partial charge in [-0.3, -0.25) is 4.79 Å². The zero-order valence-electron chi connectivity index (χ0n) is 13.4. The minimum Gasteiger partial charge on any atom is -0.496 e. The Labute approximate surface area is 159 Å². The largest absolute Gasteiger partial charge is 0.496 e. The van der Waals surface area contributed by atoms with Gasteiger partial charge in [0.05, 0.1) is 35.0 Å². The zero-order valence-corrected chi connectivity index (χ0v) is 15.6. The second kappa shape index (κ2) is 8.43. The van der Waals surface area contributed by atoms with Gasteiger partial charge >= 0.3 is 5.97 Å². The number of methoxy groups -OCH3 is 1. The molecule has 0 radical (unpaired) electrons. The summed E-state index contributed by atoms with van der Waals surface area (Å²) < 4.78 is 10.1. The predicted octanol–water partition coefficient (Wildman–Crippen LogP) is 5.08. The molecule has 0 spiro atoms. The van der Waals surface area contributed by atoms with Gasteiger partial charge in [-0.25, -0.2) is 4.79 Å². The average molecular weight is 403 g/mol. The van der Waals surface area contributed by atoms with E-state index in [9.17, 15) is 9.59 Å². The van der Waals surface area contributed by atoms with Crippen LogP contribution >= 0.6 is 34.8 Å². The third-order valence-electron chi connectivity index (χ3n) is 3.21. The number of halogens is 3. The van der Waals surface area contributed by atoms with Gasteiger partial charge in [0, 0.05) is 11.1 Å². The van der Waals surface area contributed by atoms with E-state index in [-0.39, 0.29) is 39.2 Å². The van der Waals surface area contributed by atoms with Crippen LogP contribution in [0.25, 0.3) is 0 Å². The Hall–Kier alpha value is -1.95. The lowest BCUT2D eigenvalue weighted by Crippen LogP contribution is -2.14. The molecule has 2 aromatic carbocycles. The van der Waals surface area contributed by atoms with Gasteiger partial charge in [0.2, 0.25) is 0 Å². The van der Waals surface area contributed by atoms with E-state index >= 15 is 0 Å². The van der Waals surface area contributed by atoms with Crippen molar-refractivity contribution in [3.05, 3.63) is 56.5 Å². The molecule has 0 aliphatic rings. The highest BCUT2D eigenvalue weighted by Crippen LogP contribution is 2.32. The summed E-state index contributed by atoms with van der Waals surface area (Å²) in [5.41, 5.74) is 0.662. The van der Waals surface area contributed by atoms with Crippen molar-refractivity contribution in [2.75, 3.05) is 19.0 Å². The number of hydrogen-bond acceptors (Lipinski definition) is 4. The van der Waals surface area contributed by atoms with Crippen molar-refractivity contribution < 1.29 is 19.1 Å². The number of ether oxygens (including phenoxy) is 2. The minimum absolute atomic E-state index is 0.155. The minimum atomic E-state index is -0.570. The molecule has 2 rings (SSSR count). The van der Waals surface area contributed by atoms with Crippen LogP contribution in [0.2, 0.25) is 15.1 Å². The fourth-order valence-corrected chi connectivity index (χ4v) is 2.75. The maximum atomic E-state index is 12.4. The van der Waals surface area contributed by atoms with Crippen molar-refractivity contribution in [3.8, 4) is 5.75 Å². The molecule has 0 unspecified atom stereocenters. The lowest BCUT2D eigenvalue weighted by molar-refractivity contribution is 0.0522. The molecule has 2 aromatic rings. The van der Waals surface area contributed by atoms with Crippen LogP contribution in [0.1, 0.15) is 27.6 Å². The molecule has 1 N–H and O–H groups in total. The number of nitrogens with one attached hydrogen (secondary N) is 1. The summed E-state index contributed by atoms with van der Waals surface area (Å²) in [6.45, 7) is 1.91. The van der Waals surface area contributed by atoms with Gasteiger partial charge in [-0.1, -0.05) is 34.8 Å². The van der Waals surface area contributed by atoms with Crippen LogP contribution in [0.15, 0.2) is 30.3 Å². The molecule has 132 valence electrons. The standard InChI is InChI=1S/C17H14Cl3NO4/c1-3-25-17(23)11-7-13(20)14(8-15(11)24-2)21-16(22)10-5-4-9(18)6-12(10)19/h4-8H,3H2,1-2H3,(H,21,22). The van der Waals surface area contributed by atoms with Crippen molar-refractivity contribution in [2.45, 2.75) is 6.92 Å². The summed E-state index contributed by atoms with van der Waals surface area (Å²) >= 11 is 18.0. The first kappa shape index (κ1) is 19.4. The number of esters is 1. The summed E-state index contributed by atoms with van der Waals surface area (Å²) in [7, 11) is 1.40. The predicted molar refractivity (Wildman–Crippen MR) is 98.4 cm³/mol. The average Bonchev–Trinajstić information content (AvgIpc) is 2.56. The van der Waals surface area contributed by atoms with E-state index in [0.29, 0.717) is 5.02 Å². The zero-order chi connectivity index (χ0) is 18.6. The number of benzene rings is 2. The summed E-state index contributed by atoms with van der Waals surface area (Å²) in [4.78, 5) is 24.3. The van der Waals surface area contributed by atoms with E-state index in [0.717, 1.165) is 0 Å². The van der Waals surface area contributed by atoms with Crippen LogP contribution in [0.5, 0.6) is 5.75 Å². The number of hydrogen-bond donors (Lipinski definition) is 1. The molecular weight excluding hydrogens is 389 g/mol. The van der Waals surface area contributed by atoms with E-state index in [1.165, 1.54) is 31.4 Å². The number of carbonyl (C=O) groups excluding carboxylic acids is 2. The highest BCUT2D eigenvalue weighted by Gasteiger charge is 2.19. The van der Waals surface area contributed by atoms with Crippen LogP contribution in [-0.4, -0.2) is 25.6 Å². The maximum absolute atomic E-state index is 12.4. The Balaban J connectivity index is 2.33. The van der Waals surface area contributed by atoms with Crippen molar-refractivity contribution in [1.29, 1.82) is 0 Å². The normalized spacial score (nSPS) is 10.3. The third-order valence-corrected chi connectivity index (χ3v) is 4.07. The van der Waals surface area contributed by atoms with E-state index < -0.39 is 11.9 Å². The summed E-state index contributed by atoms with van der Waals surface area (Å²) in [6.07, 6.45) is 0. The molecule has 25 heavy (non-hydrogen) atoms. The number of amides is 1. The molecule has 0 saturated carbocycles. The monoisotopic (exact) mass is 401 g/mol. The molecule has 0 aliphatic heterocycles. The van der Waals surface area contributed by atoms with Gasteiger partial charge in [-0.2, -0.15) is 0 Å². The molecule has 1 amide bonds. The van der Waals surface area contributed by atoms with Crippen molar-refractivity contribution in [2.24, 2.45) is 0 Å². The van der Waals surface area contributed by atoms with E-state index in [1.807, 2.05) is 0 Å². The molecule has 0 aromatic heterocycles. The fourth-order valence-electron chi connectivity index (χ4n) is 2.05. The second-order valence-corrected chi connectivity index (χ2v) is 6.08. The molecule has 0 saturated heterocycles. The molecule has 5 nitrogen and oxygen atoms in total. The molecular formula is C17H14Cl3NO4. The number of rotatable bonds is 5. The Morgan fingerprint density at radius 2 is 1.76 bits per heavy atom. The van der Waals surface area contributed by atoms with Gasteiger partial charge in [-0.05, 0) is 31.2 Å². The third kappa shape index (κ3) is 4.57. The maximum Gasteiger partial charge on any atom is 0.341 e. The SMILES string of the molecule is CCOC(=O)c1cc(Cl)c(NC(=O)c2ccc(Cl)cc2Cl)cc1OC. The quantitative estimate of drug-likeness (QED) is 0.708. The first-order valence-electron chi connectivity index (χ1n) is 7.18. The van der Waals surface area contributed by atoms with Gasteiger partial charge in [-0.15, -0.1) is 0 Å². The number of carbonyl (C=O) groups is 2. The first-order chi connectivity index (χ1) is 11.9. The molecule has 0 bridgehead atoms. The van der Waals surface area contributed by atoms with Crippen LogP contribution in [0, 0.1) is 0 Å².